The minimum Gasteiger partial charge on any atom is -0.316 e. The van der Waals surface area contributed by atoms with Gasteiger partial charge in [-0.1, -0.05) is 26.7 Å². The van der Waals surface area contributed by atoms with Crippen molar-refractivity contribution >= 4 is 0 Å². The highest BCUT2D eigenvalue weighted by atomic mass is 19.4. The van der Waals surface area contributed by atoms with Crippen LogP contribution in [0.3, 0.4) is 0 Å². The van der Waals surface area contributed by atoms with Gasteiger partial charge in [0.25, 0.3) is 0 Å². The second-order valence-corrected chi connectivity index (χ2v) is 6.58. The summed E-state index contributed by atoms with van der Waals surface area (Å²) in [5.41, 5.74) is 0.147. The minimum atomic E-state index is -4.05. The molecule has 0 aromatic heterocycles. The van der Waals surface area contributed by atoms with Gasteiger partial charge < -0.3 is 10.2 Å². The van der Waals surface area contributed by atoms with Crippen LogP contribution >= 0.6 is 0 Å². The number of rotatable bonds is 7. The first kappa shape index (κ1) is 17.8. The maximum Gasteiger partial charge on any atom is 0.390 e. The molecule has 0 radical (unpaired) electrons. The van der Waals surface area contributed by atoms with Crippen LogP contribution in [0.2, 0.25) is 0 Å². The van der Waals surface area contributed by atoms with Crippen LogP contribution in [-0.2, 0) is 0 Å². The summed E-state index contributed by atoms with van der Waals surface area (Å²) < 4.78 is 36.9. The summed E-state index contributed by atoms with van der Waals surface area (Å²) in [6.07, 6.45) is -0.0733. The molecule has 0 aromatic rings. The van der Waals surface area contributed by atoms with Gasteiger partial charge in [0.1, 0.15) is 0 Å². The number of nitrogens with zero attached hydrogens (tertiary/aromatic N) is 1. The fourth-order valence-corrected chi connectivity index (χ4v) is 3.49. The van der Waals surface area contributed by atoms with Crippen molar-refractivity contribution in [3.63, 3.8) is 0 Å². The van der Waals surface area contributed by atoms with Crippen molar-refractivity contribution in [2.45, 2.75) is 52.1 Å². The third-order valence-electron chi connectivity index (χ3n) is 4.32. The second kappa shape index (κ2) is 7.64. The van der Waals surface area contributed by atoms with E-state index in [2.05, 4.69) is 19.2 Å². The Labute approximate surface area is 121 Å². The van der Waals surface area contributed by atoms with Crippen LogP contribution in [0.4, 0.5) is 13.2 Å². The van der Waals surface area contributed by atoms with E-state index in [-0.39, 0.29) is 12.0 Å². The monoisotopic (exact) mass is 294 g/mol. The number of nitrogens with one attached hydrogen (secondary N) is 1. The molecule has 1 N–H and O–H groups in total. The summed E-state index contributed by atoms with van der Waals surface area (Å²) in [6.45, 7) is 7.04. The Kier molecular flexibility index (Phi) is 6.79. The zero-order valence-corrected chi connectivity index (χ0v) is 13.0. The summed E-state index contributed by atoms with van der Waals surface area (Å²) in [4.78, 5) is 1.86. The Hall–Kier alpha value is -0.290. The molecule has 0 amide bonds. The van der Waals surface area contributed by atoms with Gasteiger partial charge in [0.15, 0.2) is 0 Å². The lowest BCUT2D eigenvalue weighted by molar-refractivity contribution is -0.138. The first-order valence-electron chi connectivity index (χ1n) is 7.72. The highest BCUT2D eigenvalue weighted by Gasteiger charge is 2.36. The molecule has 0 spiro atoms. The van der Waals surface area contributed by atoms with Crippen LogP contribution < -0.4 is 5.32 Å². The fourth-order valence-electron chi connectivity index (χ4n) is 3.49. The maximum atomic E-state index is 12.3. The topological polar surface area (TPSA) is 15.3 Å². The quantitative estimate of drug-likeness (QED) is 0.770. The van der Waals surface area contributed by atoms with Gasteiger partial charge in [-0.05, 0) is 37.8 Å². The van der Waals surface area contributed by atoms with Gasteiger partial charge in [0.05, 0.1) is 6.42 Å². The lowest BCUT2D eigenvalue weighted by Crippen LogP contribution is -2.46. The van der Waals surface area contributed by atoms with E-state index in [0.29, 0.717) is 5.92 Å². The van der Waals surface area contributed by atoms with Crippen molar-refractivity contribution in [2.75, 3.05) is 33.2 Å². The molecule has 0 bridgehead atoms. The highest BCUT2D eigenvalue weighted by Crippen LogP contribution is 2.39. The van der Waals surface area contributed by atoms with Gasteiger partial charge in [-0.3, -0.25) is 0 Å². The van der Waals surface area contributed by atoms with Crippen molar-refractivity contribution in [2.24, 2.45) is 11.3 Å². The molecule has 0 saturated heterocycles. The summed E-state index contributed by atoms with van der Waals surface area (Å²) in [7, 11) is 1.82. The normalized spacial score (nSPS) is 28.1. The Bertz CT molecular complexity index is 281. The van der Waals surface area contributed by atoms with Crippen LogP contribution in [0, 0.1) is 11.3 Å². The van der Waals surface area contributed by atoms with Crippen molar-refractivity contribution in [1.29, 1.82) is 0 Å². The van der Waals surface area contributed by atoms with E-state index >= 15 is 0 Å². The van der Waals surface area contributed by atoms with Gasteiger partial charge in [0, 0.05) is 19.6 Å². The summed E-state index contributed by atoms with van der Waals surface area (Å²) in [6, 6.07) is 0. The average molecular weight is 294 g/mol. The molecule has 1 aliphatic rings. The molecule has 1 rings (SSSR count). The predicted molar refractivity (Wildman–Crippen MR) is 76.8 cm³/mol. The molecule has 0 heterocycles. The van der Waals surface area contributed by atoms with Gasteiger partial charge in [-0.15, -0.1) is 0 Å². The zero-order valence-electron chi connectivity index (χ0n) is 13.0. The van der Waals surface area contributed by atoms with Gasteiger partial charge in [0.2, 0.25) is 0 Å². The molecule has 1 fully saturated rings. The van der Waals surface area contributed by atoms with E-state index in [0.717, 1.165) is 32.5 Å². The Morgan fingerprint density at radius 1 is 1.35 bits per heavy atom. The van der Waals surface area contributed by atoms with Crippen LogP contribution in [0.15, 0.2) is 0 Å². The van der Waals surface area contributed by atoms with Crippen molar-refractivity contribution in [3.8, 4) is 0 Å². The third-order valence-corrected chi connectivity index (χ3v) is 4.32. The number of halogens is 3. The summed E-state index contributed by atoms with van der Waals surface area (Å²) >= 11 is 0. The molecule has 2 atom stereocenters. The van der Waals surface area contributed by atoms with E-state index in [1.165, 1.54) is 12.8 Å². The Morgan fingerprint density at radius 2 is 2.05 bits per heavy atom. The lowest BCUT2D eigenvalue weighted by atomic mass is 9.69. The Morgan fingerprint density at radius 3 is 2.60 bits per heavy atom. The maximum absolute atomic E-state index is 12.3. The molecular weight excluding hydrogens is 265 g/mol. The van der Waals surface area contributed by atoms with E-state index < -0.39 is 12.6 Å². The minimum absolute atomic E-state index is 0.103. The first-order chi connectivity index (χ1) is 9.26. The number of hydrogen-bond acceptors (Lipinski definition) is 2. The van der Waals surface area contributed by atoms with Crippen LogP contribution in [0.1, 0.15) is 46.0 Å². The van der Waals surface area contributed by atoms with E-state index in [1.807, 2.05) is 11.9 Å². The van der Waals surface area contributed by atoms with Crippen LogP contribution in [-0.4, -0.2) is 44.3 Å². The summed E-state index contributed by atoms with van der Waals surface area (Å²) in [5.74, 6) is 0.679. The SMILES string of the molecule is CCNCC1(CN(C)CCC(F)(F)F)CCCC(C)C1. The van der Waals surface area contributed by atoms with Gasteiger partial charge >= 0.3 is 6.18 Å². The molecule has 2 unspecified atom stereocenters. The highest BCUT2D eigenvalue weighted by molar-refractivity contribution is 4.89. The molecule has 1 saturated carbocycles. The largest absolute Gasteiger partial charge is 0.390 e. The molecule has 2 nitrogen and oxygen atoms in total. The molecule has 120 valence electrons. The number of hydrogen-bond donors (Lipinski definition) is 1. The molecule has 5 heteroatoms. The van der Waals surface area contributed by atoms with E-state index in [9.17, 15) is 13.2 Å². The zero-order chi connectivity index (χ0) is 15.2. The van der Waals surface area contributed by atoms with Crippen LogP contribution in [0.25, 0.3) is 0 Å². The molecule has 20 heavy (non-hydrogen) atoms. The summed E-state index contributed by atoms with van der Waals surface area (Å²) in [5, 5.41) is 3.41. The van der Waals surface area contributed by atoms with E-state index in [1.54, 1.807) is 0 Å². The van der Waals surface area contributed by atoms with Crippen molar-refractivity contribution in [1.82, 2.24) is 10.2 Å². The first-order valence-corrected chi connectivity index (χ1v) is 7.72. The van der Waals surface area contributed by atoms with Gasteiger partial charge in [-0.25, -0.2) is 0 Å². The smallest absolute Gasteiger partial charge is 0.316 e. The van der Waals surface area contributed by atoms with Crippen LogP contribution in [0.5, 0.6) is 0 Å². The van der Waals surface area contributed by atoms with Gasteiger partial charge in [-0.2, -0.15) is 13.2 Å². The number of alkyl halides is 3. The fraction of sp³-hybridized carbons (Fsp3) is 1.00. The van der Waals surface area contributed by atoms with Crippen molar-refractivity contribution < 1.29 is 13.2 Å². The predicted octanol–water partition coefficient (Wildman–Crippen LogP) is 3.68. The molecule has 0 aliphatic heterocycles. The molecule has 1 aliphatic carbocycles. The lowest BCUT2D eigenvalue weighted by Gasteiger charge is -2.43. The van der Waals surface area contributed by atoms with E-state index in [4.69, 9.17) is 0 Å². The third kappa shape index (κ3) is 6.44. The average Bonchev–Trinajstić information content (AvgIpc) is 2.33. The molecular formula is C15H29F3N2. The molecule has 0 aromatic carbocycles. The Balaban J connectivity index is 2.55. The van der Waals surface area contributed by atoms with Crippen molar-refractivity contribution in [3.05, 3.63) is 0 Å². The second-order valence-electron chi connectivity index (χ2n) is 6.58. The standard InChI is InChI=1S/C15H29F3N2/c1-4-19-11-14(7-5-6-13(2)10-14)12-20(3)9-8-15(16,17)18/h13,19H,4-12H2,1-3H3.